The highest BCUT2D eigenvalue weighted by Gasteiger charge is 2.61. The maximum atomic E-state index is 15.6. The number of nitrogens with one attached hydrogen (secondary N) is 2. The van der Waals surface area contributed by atoms with Gasteiger partial charge in [0.25, 0.3) is 6.43 Å². The molecule has 2 amide bonds. The van der Waals surface area contributed by atoms with Gasteiger partial charge in [0, 0.05) is 23.6 Å². The first-order chi connectivity index (χ1) is 17.0. The second-order valence-electron chi connectivity index (χ2n) is 9.45. The molecule has 2 fully saturated rings. The molecule has 4 rings (SSSR count). The predicted molar refractivity (Wildman–Crippen MR) is 123 cm³/mol. The summed E-state index contributed by atoms with van der Waals surface area (Å²) in [6, 6.07) is 4.05. The molecule has 12 heteroatoms. The molecule has 1 aliphatic carbocycles. The third kappa shape index (κ3) is 5.34. The van der Waals surface area contributed by atoms with Gasteiger partial charge in [0.05, 0.1) is 12.1 Å². The summed E-state index contributed by atoms with van der Waals surface area (Å²) in [5.41, 5.74) is -0.478. The van der Waals surface area contributed by atoms with E-state index < -0.39 is 63.7 Å². The summed E-state index contributed by atoms with van der Waals surface area (Å²) in [7, 11) is -4.38. The minimum absolute atomic E-state index is 0.00140. The van der Waals surface area contributed by atoms with Crippen LogP contribution in [0.25, 0.3) is 11.1 Å². The van der Waals surface area contributed by atoms with E-state index >= 15 is 4.39 Å². The average molecular weight is 532 g/mol. The number of hydrogen-bond acceptors (Lipinski definition) is 3. The zero-order chi connectivity index (χ0) is 26.3. The van der Waals surface area contributed by atoms with Gasteiger partial charge >= 0.3 is 6.03 Å². The van der Waals surface area contributed by atoms with Gasteiger partial charge in [-0.15, -0.1) is 0 Å². The van der Waals surface area contributed by atoms with Crippen LogP contribution in [0.4, 0.5) is 26.7 Å². The normalized spacial score (nSPS) is 21.7. The fraction of sp³-hybridized carbons (Fsp3) is 0.458. The van der Waals surface area contributed by atoms with Crippen molar-refractivity contribution < 1.29 is 35.2 Å². The van der Waals surface area contributed by atoms with Crippen molar-refractivity contribution in [2.75, 3.05) is 12.6 Å². The molecule has 2 aromatic carbocycles. The molecule has 6 nitrogen and oxygen atoms in total. The number of sulfonamides is 1. The summed E-state index contributed by atoms with van der Waals surface area (Å²) in [6.45, 7) is 1.11. The second kappa shape index (κ2) is 9.97. The fourth-order valence-electron chi connectivity index (χ4n) is 4.84. The largest absolute Gasteiger partial charge is 0.330 e. The van der Waals surface area contributed by atoms with Crippen molar-refractivity contribution in [3.05, 3.63) is 59.7 Å². The van der Waals surface area contributed by atoms with Crippen molar-refractivity contribution in [3.63, 3.8) is 0 Å². The van der Waals surface area contributed by atoms with Crippen LogP contribution in [0, 0.1) is 17.0 Å². The van der Waals surface area contributed by atoms with Crippen molar-refractivity contribution in [2.45, 2.75) is 50.7 Å². The molecule has 2 aromatic rings. The highest BCUT2D eigenvalue weighted by atomic mass is 32.2. The van der Waals surface area contributed by atoms with E-state index in [1.54, 1.807) is 30.3 Å². The highest BCUT2D eigenvalue weighted by molar-refractivity contribution is 7.89. The smallest absolute Gasteiger partial charge is 0.318 e. The van der Waals surface area contributed by atoms with Crippen LogP contribution in [0.15, 0.2) is 42.5 Å². The number of hydrogen-bond donors (Lipinski definition) is 2. The van der Waals surface area contributed by atoms with Crippen LogP contribution in [-0.2, 0) is 16.4 Å². The predicted octanol–water partition coefficient (Wildman–Crippen LogP) is 4.22. The molecular weight excluding hydrogens is 505 g/mol. The first-order valence-corrected chi connectivity index (χ1v) is 13.1. The maximum absolute atomic E-state index is 15.6. The van der Waals surface area contributed by atoms with Crippen molar-refractivity contribution in [3.8, 4) is 11.1 Å². The van der Waals surface area contributed by atoms with Crippen molar-refractivity contribution in [1.29, 1.82) is 0 Å². The third-order valence-electron chi connectivity index (χ3n) is 6.89. The Kier molecular flexibility index (Phi) is 7.29. The number of benzene rings is 2. The molecule has 1 spiro atoms. The van der Waals surface area contributed by atoms with E-state index in [2.05, 4.69) is 10.0 Å². The summed E-state index contributed by atoms with van der Waals surface area (Å²) in [5, 5.41) is 2.18. The Labute approximate surface area is 205 Å². The minimum atomic E-state index is -4.38. The van der Waals surface area contributed by atoms with Crippen LogP contribution in [0.2, 0.25) is 0 Å². The first-order valence-electron chi connectivity index (χ1n) is 11.4. The van der Waals surface area contributed by atoms with Gasteiger partial charge in [-0.1, -0.05) is 30.3 Å². The third-order valence-corrected chi connectivity index (χ3v) is 7.79. The maximum Gasteiger partial charge on any atom is 0.318 e. The number of rotatable bonds is 8. The van der Waals surface area contributed by atoms with E-state index in [1.807, 2.05) is 0 Å². The lowest BCUT2D eigenvalue weighted by Gasteiger charge is -2.30. The highest BCUT2D eigenvalue weighted by Crippen LogP contribution is 2.55. The summed E-state index contributed by atoms with van der Waals surface area (Å²) in [4.78, 5) is 14.1. The summed E-state index contributed by atoms with van der Waals surface area (Å²) in [5.74, 6) is -1.50. The van der Waals surface area contributed by atoms with Crippen LogP contribution in [0.5, 0.6) is 0 Å². The van der Waals surface area contributed by atoms with Gasteiger partial charge in [0.2, 0.25) is 16.0 Å². The Balaban J connectivity index is 1.73. The molecule has 0 aromatic heterocycles. The molecule has 1 aliphatic heterocycles. The lowest BCUT2D eigenvalue weighted by Crippen LogP contribution is -2.53. The quantitative estimate of drug-likeness (QED) is 0.501. The standard InChI is InChI=1S/C24H26F5N3O3S/c1-14(22(28)29)30-23(33)32-12-24(7-8-24)21(31-36(34,35)13-25)19(32)10-16-9-17(26)11-18(20(16)27)15-5-3-2-4-6-15/h2-6,9,11,14,19,21-22,31H,7-8,10,12-13H2,1H3,(H,30,33)/t14-,19+,21-/m1/s1. The number of alkyl halides is 3. The monoisotopic (exact) mass is 531 g/mol. The van der Waals surface area contributed by atoms with Gasteiger partial charge in [-0.2, -0.15) is 0 Å². The van der Waals surface area contributed by atoms with E-state index in [0.29, 0.717) is 18.4 Å². The number of likely N-dealkylation sites (tertiary alicyclic amines) is 1. The molecule has 196 valence electrons. The van der Waals surface area contributed by atoms with E-state index in [9.17, 15) is 30.8 Å². The molecule has 0 unspecified atom stereocenters. The molecule has 2 aliphatic rings. The number of carbonyl (C=O) groups excluding carboxylic acids is 1. The Hall–Kier alpha value is -2.73. The van der Waals surface area contributed by atoms with Gasteiger partial charge in [-0.05, 0) is 49.4 Å². The number of amides is 2. The van der Waals surface area contributed by atoms with E-state index in [4.69, 9.17) is 0 Å². The van der Waals surface area contributed by atoms with Gasteiger partial charge in [0.15, 0.2) is 0 Å². The fourth-order valence-corrected chi connectivity index (χ4v) is 5.70. The minimum Gasteiger partial charge on any atom is -0.330 e. The molecule has 3 atom stereocenters. The second-order valence-corrected chi connectivity index (χ2v) is 11.1. The Bertz CT molecular complexity index is 1230. The van der Waals surface area contributed by atoms with Crippen LogP contribution in [0.1, 0.15) is 25.3 Å². The van der Waals surface area contributed by atoms with Crippen LogP contribution < -0.4 is 10.0 Å². The van der Waals surface area contributed by atoms with Crippen molar-refractivity contribution in [2.24, 2.45) is 5.41 Å². The molecule has 1 saturated carbocycles. The number of carbonyl (C=O) groups is 1. The molecule has 0 bridgehead atoms. The van der Waals surface area contributed by atoms with Crippen LogP contribution in [-0.4, -0.2) is 56.5 Å². The Morgan fingerprint density at radius 3 is 2.42 bits per heavy atom. The van der Waals surface area contributed by atoms with E-state index in [-0.39, 0.29) is 24.1 Å². The zero-order valence-electron chi connectivity index (χ0n) is 19.4. The van der Waals surface area contributed by atoms with Crippen LogP contribution in [0.3, 0.4) is 0 Å². The molecule has 1 heterocycles. The molecule has 36 heavy (non-hydrogen) atoms. The zero-order valence-corrected chi connectivity index (χ0v) is 20.2. The lowest BCUT2D eigenvalue weighted by molar-refractivity contribution is 0.102. The lowest BCUT2D eigenvalue weighted by atomic mass is 9.91. The topological polar surface area (TPSA) is 78.5 Å². The van der Waals surface area contributed by atoms with Crippen LogP contribution >= 0.6 is 0 Å². The molecule has 2 N–H and O–H groups in total. The summed E-state index contributed by atoms with van der Waals surface area (Å²) < 4.78 is 96.0. The molecule has 1 saturated heterocycles. The van der Waals surface area contributed by atoms with E-state index in [1.165, 1.54) is 4.90 Å². The Morgan fingerprint density at radius 2 is 1.83 bits per heavy atom. The SMILES string of the molecule is C[C@@H](NC(=O)N1CC2(CC2)[C@H](NS(=O)(=O)CF)[C@@H]1Cc1cc(F)cc(-c2ccccc2)c1F)C(F)F. The van der Waals surface area contributed by atoms with Gasteiger partial charge in [-0.3, -0.25) is 0 Å². The van der Waals surface area contributed by atoms with E-state index in [0.717, 1.165) is 19.1 Å². The van der Waals surface area contributed by atoms with Gasteiger partial charge < -0.3 is 10.2 Å². The summed E-state index contributed by atoms with van der Waals surface area (Å²) in [6.07, 6.45) is -2.17. The number of halogens is 5. The molecular formula is C24H26F5N3O3S. The molecule has 0 radical (unpaired) electrons. The van der Waals surface area contributed by atoms with Crippen molar-refractivity contribution in [1.82, 2.24) is 14.9 Å². The van der Waals surface area contributed by atoms with Crippen molar-refractivity contribution >= 4 is 16.1 Å². The van der Waals surface area contributed by atoms with Gasteiger partial charge in [-0.25, -0.2) is 39.9 Å². The Morgan fingerprint density at radius 1 is 1.17 bits per heavy atom. The number of urea groups is 1. The van der Waals surface area contributed by atoms with Gasteiger partial charge in [0.1, 0.15) is 11.6 Å². The average Bonchev–Trinajstić information content (AvgIpc) is 3.56. The first kappa shape index (κ1) is 26.3. The summed E-state index contributed by atoms with van der Waals surface area (Å²) >= 11 is 0. The number of nitrogens with zero attached hydrogens (tertiary/aromatic N) is 1.